The molecule has 1 atom stereocenters. The van der Waals surface area contributed by atoms with Crippen molar-refractivity contribution in [2.75, 3.05) is 6.61 Å². The van der Waals surface area contributed by atoms with Gasteiger partial charge >= 0.3 is 5.97 Å². The van der Waals surface area contributed by atoms with Gasteiger partial charge in [-0.05, 0) is 51.3 Å². The molecule has 22 heavy (non-hydrogen) atoms. The fraction of sp³-hybridized carbons (Fsp3) is 0.412. The van der Waals surface area contributed by atoms with Crippen molar-refractivity contribution in [2.45, 2.75) is 39.2 Å². The topological polar surface area (TPSA) is 79.4 Å². The molecular weight excluding hydrogens is 282 g/mol. The quantitative estimate of drug-likeness (QED) is 0.803. The molecule has 0 saturated carbocycles. The van der Waals surface area contributed by atoms with E-state index < -0.39 is 5.97 Å². The summed E-state index contributed by atoms with van der Waals surface area (Å²) in [5.41, 5.74) is 1.79. The molecule has 1 aromatic carbocycles. The third kappa shape index (κ3) is 3.95. The maximum Gasteiger partial charge on any atom is 0.338 e. The molecule has 2 aromatic rings. The summed E-state index contributed by atoms with van der Waals surface area (Å²) in [6.07, 6.45) is 1.87. The number of nitrogens with one attached hydrogen (secondary N) is 1. The van der Waals surface area contributed by atoms with Gasteiger partial charge in [-0.3, -0.25) is 4.79 Å². The van der Waals surface area contributed by atoms with Crippen molar-refractivity contribution in [2.24, 2.45) is 0 Å². The van der Waals surface area contributed by atoms with Crippen LogP contribution >= 0.6 is 0 Å². The minimum Gasteiger partial charge on any atom is -0.462 e. The summed E-state index contributed by atoms with van der Waals surface area (Å²) >= 11 is 0. The van der Waals surface area contributed by atoms with Crippen LogP contribution in [0.5, 0.6) is 0 Å². The Morgan fingerprint density at radius 1 is 1.36 bits per heavy atom. The van der Waals surface area contributed by atoms with Crippen LogP contribution in [0.1, 0.15) is 42.7 Å². The molecule has 0 aliphatic carbocycles. The first kappa shape index (κ1) is 16.2. The van der Waals surface area contributed by atoms with Crippen molar-refractivity contribution in [1.82, 2.24) is 4.98 Å². The van der Waals surface area contributed by atoms with Crippen molar-refractivity contribution in [3.8, 4) is 0 Å². The van der Waals surface area contributed by atoms with Crippen molar-refractivity contribution >= 4 is 16.9 Å². The normalized spacial score (nSPS) is 12.3. The standard InChI is InChI=1S/C17H21NO4/c1-3-22-17(21)12-7-8-15-14(9-12)16(20)10-13(18-15)6-4-5-11(2)19/h7-11,19H,3-6H2,1-2H3,(H,18,20). The highest BCUT2D eigenvalue weighted by atomic mass is 16.5. The molecule has 5 heteroatoms. The van der Waals surface area contributed by atoms with Crippen LogP contribution in [0, 0.1) is 0 Å². The maximum absolute atomic E-state index is 12.2. The Bertz CT molecular complexity index is 718. The van der Waals surface area contributed by atoms with Crippen LogP contribution < -0.4 is 5.43 Å². The lowest BCUT2D eigenvalue weighted by Gasteiger charge is -2.07. The van der Waals surface area contributed by atoms with Crippen LogP contribution in [0.25, 0.3) is 10.9 Å². The van der Waals surface area contributed by atoms with Crippen molar-refractivity contribution in [3.05, 3.63) is 45.7 Å². The van der Waals surface area contributed by atoms with Crippen LogP contribution in [-0.2, 0) is 11.2 Å². The molecule has 2 rings (SSSR count). The maximum atomic E-state index is 12.2. The van der Waals surface area contributed by atoms with E-state index in [1.54, 1.807) is 38.1 Å². The van der Waals surface area contributed by atoms with Gasteiger partial charge < -0.3 is 14.8 Å². The molecule has 0 radical (unpaired) electrons. The Balaban J connectivity index is 2.27. The van der Waals surface area contributed by atoms with Crippen LogP contribution in [0.15, 0.2) is 29.1 Å². The number of benzene rings is 1. The first-order valence-corrected chi connectivity index (χ1v) is 7.52. The molecule has 0 amide bonds. The molecule has 0 aliphatic heterocycles. The van der Waals surface area contributed by atoms with E-state index in [-0.39, 0.29) is 11.5 Å². The average molecular weight is 303 g/mol. The van der Waals surface area contributed by atoms with Crippen LogP contribution in [0.2, 0.25) is 0 Å². The molecule has 118 valence electrons. The number of ether oxygens (including phenoxy) is 1. The van der Waals surface area contributed by atoms with E-state index in [1.807, 2.05) is 0 Å². The molecule has 5 nitrogen and oxygen atoms in total. The minimum absolute atomic E-state index is 0.119. The molecule has 1 unspecified atom stereocenters. The molecular formula is C17H21NO4. The molecule has 2 N–H and O–H groups in total. The van der Waals surface area contributed by atoms with Crippen molar-refractivity contribution < 1.29 is 14.6 Å². The molecule has 0 bridgehead atoms. The Morgan fingerprint density at radius 2 is 2.14 bits per heavy atom. The lowest BCUT2D eigenvalue weighted by Crippen LogP contribution is -2.09. The number of fused-ring (bicyclic) bond motifs is 1. The monoisotopic (exact) mass is 303 g/mol. The second-order valence-electron chi connectivity index (χ2n) is 5.38. The van der Waals surface area contributed by atoms with Gasteiger partial charge in [0.05, 0.1) is 18.3 Å². The van der Waals surface area contributed by atoms with Gasteiger partial charge in [-0.1, -0.05) is 0 Å². The lowest BCUT2D eigenvalue weighted by molar-refractivity contribution is 0.0526. The number of carbonyl (C=O) groups excluding carboxylic acids is 1. The number of aliphatic hydroxyl groups excluding tert-OH is 1. The van der Waals surface area contributed by atoms with Crippen LogP contribution in [0.4, 0.5) is 0 Å². The largest absolute Gasteiger partial charge is 0.462 e. The molecule has 1 aromatic heterocycles. The molecule has 0 aliphatic rings. The number of carbonyl (C=O) groups is 1. The number of hydrogen-bond acceptors (Lipinski definition) is 4. The van der Waals surface area contributed by atoms with Gasteiger partial charge in [0.2, 0.25) is 0 Å². The zero-order chi connectivity index (χ0) is 16.1. The first-order chi connectivity index (χ1) is 10.5. The Morgan fingerprint density at radius 3 is 2.82 bits per heavy atom. The van der Waals surface area contributed by atoms with Gasteiger partial charge in [0.1, 0.15) is 0 Å². The number of aromatic amines is 1. The van der Waals surface area contributed by atoms with Gasteiger partial charge in [0, 0.05) is 22.7 Å². The summed E-state index contributed by atoms with van der Waals surface area (Å²) in [6, 6.07) is 6.49. The van der Waals surface area contributed by atoms with Gasteiger partial charge in [-0.25, -0.2) is 4.79 Å². The number of aromatic nitrogens is 1. The highest BCUT2D eigenvalue weighted by Crippen LogP contribution is 2.13. The van der Waals surface area contributed by atoms with Crippen LogP contribution in [0.3, 0.4) is 0 Å². The predicted molar refractivity (Wildman–Crippen MR) is 85.1 cm³/mol. The first-order valence-electron chi connectivity index (χ1n) is 7.52. The summed E-state index contributed by atoms with van der Waals surface area (Å²) in [6.45, 7) is 3.79. The lowest BCUT2D eigenvalue weighted by atomic mass is 10.1. The van der Waals surface area contributed by atoms with E-state index in [9.17, 15) is 14.7 Å². The second kappa shape index (κ2) is 7.22. The number of aliphatic hydroxyl groups is 1. The minimum atomic E-state index is -0.426. The number of hydrogen-bond donors (Lipinski definition) is 2. The number of H-pyrrole nitrogens is 1. The van der Waals surface area contributed by atoms with Crippen LogP contribution in [-0.4, -0.2) is 28.8 Å². The number of rotatable bonds is 6. The van der Waals surface area contributed by atoms with E-state index >= 15 is 0 Å². The number of pyridine rings is 1. The summed E-state index contributed by atoms with van der Waals surface area (Å²) in [7, 11) is 0. The second-order valence-corrected chi connectivity index (χ2v) is 5.38. The van der Waals surface area contributed by atoms with E-state index in [0.717, 1.165) is 12.1 Å². The van der Waals surface area contributed by atoms with Gasteiger partial charge in [-0.15, -0.1) is 0 Å². The molecule has 0 fully saturated rings. The number of esters is 1. The summed E-state index contributed by atoms with van der Waals surface area (Å²) in [5, 5.41) is 9.74. The third-order valence-electron chi connectivity index (χ3n) is 3.46. The fourth-order valence-electron chi connectivity index (χ4n) is 2.37. The molecule has 1 heterocycles. The Hall–Kier alpha value is -2.14. The van der Waals surface area contributed by atoms with E-state index in [4.69, 9.17) is 4.74 Å². The van der Waals surface area contributed by atoms with Crippen molar-refractivity contribution in [1.29, 1.82) is 0 Å². The summed E-state index contributed by atoms with van der Waals surface area (Å²) < 4.78 is 4.94. The van der Waals surface area contributed by atoms with Crippen molar-refractivity contribution in [3.63, 3.8) is 0 Å². The summed E-state index contributed by atoms with van der Waals surface area (Å²) in [4.78, 5) is 27.1. The Kier molecular flexibility index (Phi) is 5.33. The summed E-state index contributed by atoms with van der Waals surface area (Å²) in [5.74, 6) is -0.426. The third-order valence-corrected chi connectivity index (χ3v) is 3.46. The molecule has 0 spiro atoms. The zero-order valence-corrected chi connectivity index (χ0v) is 12.9. The van der Waals surface area contributed by atoms with E-state index in [2.05, 4.69) is 4.98 Å². The SMILES string of the molecule is CCOC(=O)c1ccc2[nH]c(CCCC(C)O)cc(=O)c2c1. The smallest absolute Gasteiger partial charge is 0.338 e. The number of aryl methyl sites for hydroxylation is 1. The average Bonchev–Trinajstić information content (AvgIpc) is 2.47. The fourth-order valence-corrected chi connectivity index (χ4v) is 2.37. The predicted octanol–water partition coefficient (Wildman–Crippen LogP) is 2.41. The van der Waals surface area contributed by atoms with Gasteiger partial charge in [-0.2, -0.15) is 0 Å². The molecule has 0 saturated heterocycles. The van der Waals surface area contributed by atoms with E-state index in [0.29, 0.717) is 35.9 Å². The highest BCUT2D eigenvalue weighted by Gasteiger charge is 2.09. The van der Waals surface area contributed by atoms with E-state index in [1.165, 1.54) is 0 Å². The highest BCUT2D eigenvalue weighted by molar-refractivity contribution is 5.94. The van der Waals surface area contributed by atoms with Gasteiger partial charge in [0.25, 0.3) is 0 Å². The zero-order valence-electron chi connectivity index (χ0n) is 12.9. The van der Waals surface area contributed by atoms with Gasteiger partial charge in [0.15, 0.2) is 5.43 Å². The Labute approximate surface area is 128 Å².